The highest BCUT2D eigenvalue weighted by Gasteiger charge is 2.13. The number of hydrogen-bond donors (Lipinski definition) is 2. The largest absolute Gasteiger partial charge is 0.375 e. The fourth-order valence-electron chi connectivity index (χ4n) is 1.50. The number of hydrogen-bond acceptors (Lipinski definition) is 3. The topological polar surface area (TPSA) is 49.9 Å². The van der Waals surface area contributed by atoms with Gasteiger partial charge in [-0.05, 0) is 6.54 Å². The Balaban J connectivity index is 2.07. The number of imidazole rings is 1. The summed E-state index contributed by atoms with van der Waals surface area (Å²) < 4.78 is 5.32. The van der Waals surface area contributed by atoms with E-state index in [-0.39, 0.29) is 0 Å². The molecule has 2 rings (SSSR count). The maximum absolute atomic E-state index is 5.32. The molecule has 0 fully saturated rings. The van der Waals surface area contributed by atoms with Crippen LogP contribution in [0, 0.1) is 0 Å². The van der Waals surface area contributed by atoms with Gasteiger partial charge >= 0.3 is 0 Å². The first kappa shape index (κ1) is 8.72. The molecular formula is C9H15N3O. The van der Waals surface area contributed by atoms with Gasteiger partial charge in [0.1, 0.15) is 5.82 Å². The predicted molar refractivity (Wildman–Crippen MR) is 49.3 cm³/mol. The first-order valence-electron chi connectivity index (χ1n) is 4.75. The fourth-order valence-corrected chi connectivity index (χ4v) is 1.50. The van der Waals surface area contributed by atoms with Crippen molar-refractivity contribution in [2.75, 3.05) is 13.2 Å². The van der Waals surface area contributed by atoms with Crippen molar-refractivity contribution in [2.45, 2.75) is 26.5 Å². The molecule has 1 aromatic heterocycles. The van der Waals surface area contributed by atoms with Crippen LogP contribution in [0.5, 0.6) is 0 Å². The third kappa shape index (κ3) is 1.89. The van der Waals surface area contributed by atoms with Crippen molar-refractivity contribution in [1.82, 2.24) is 15.3 Å². The molecule has 0 radical (unpaired) electrons. The van der Waals surface area contributed by atoms with E-state index in [9.17, 15) is 0 Å². The molecule has 0 saturated heterocycles. The van der Waals surface area contributed by atoms with Gasteiger partial charge in [-0.3, -0.25) is 0 Å². The Labute approximate surface area is 77.7 Å². The summed E-state index contributed by atoms with van der Waals surface area (Å²) in [6.07, 6.45) is 0.942. The van der Waals surface area contributed by atoms with Crippen LogP contribution in [0.25, 0.3) is 0 Å². The second-order valence-electron chi connectivity index (χ2n) is 3.19. The Morgan fingerprint density at radius 1 is 1.62 bits per heavy atom. The number of nitrogens with one attached hydrogen (secondary N) is 2. The Kier molecular flexibility index (Phi) is 2.61. The lowest BCUT2D eigenvalue weighted by molar-refractivity contribution is 0.107. The minimum Gasteiger partial charge on any atom is -0.375 e. The number of fused-ring (bicyclic) bond motifs is 1. The highest BCUT2D eigenvalue weighted by molar-refractivity contribution is 5.15. The van der Waals surface area contributed by atoms with Gasteiger partial charge in [0.15, 0.2) is 0 Å². The lowest BCUT2D eigenvalue weighted by atomic mass is 10.2. The molecule has 4 nitrogen and oxygen atoms in total. The van der Waals surface area contributed by atoms with E-state index in [4.69, 9.17) is 4.74 Å². The molecule has 2 heterocycles. The summed E-state index contributed by atoms with van der Waals surface area (Å²) in [5.74, 6) is 1.03. The van der Waals surface area contributed by atoms with Crippen molar-refractivity contribution in [3.8, 4) is 0 Å². The molecule has 1 aliphatic rings. The monoisotopic (exact) mass is 181 g/mol. The van der Waals surface area contributed by atoms with Gasteiger partial charge in [0.2, 0.25) is 0 Å². The normalized spacial score (nSPS) is 15.8. The Hall–Kier alpha value is -0.870. The quantitative estimate of drug-likeness (QED) is 0.717. The SMILES string of the molecule is CCNCc1nc2c([nH]1)COCC2. The molecule has 0 aliphatic carbocycles. The van der Waals surface area contributed by atoms with Crippen molar-refractivity contribution < 1.29 is 4.74 Å². The number of H-pyrrole nitrogens is 1. The molecule has 1 aliphatic heterocycles. The first-order valence-corrected chi connectivity index (χ1v) is 4.75. The van der Waals surface area contributed by atoms with Crippen LogP contribution in [-0.4, -0.2) is 23.1 Å². The van der Waals surface area contributed by atoms with E-state index < -0.39 is 0 Å². The molecule has 1 aromatic rings. The van der Waals surface area contributed by atoms with Crippen molar-refractivity contribution in [3.05, 3.63) is 17.2 Å². The van der Waals surface area contributed by atoms with Crippen molar-refractivity contribution >= 4 is 0 Å². The van der Waals surface area contributed by atoms with Gasteiger partial charge in [0.25, 0.3) is 0 Å². The second kappa shape index (κ2) is 3.89. The highest BCUT2D eigenvalue weighted by atomic mass is 16.5. The zero-order valence-electron chi connectivity index (χ0n) is 7.89. The molecule has 0 aromatic carbocycles. The van der Waals surface area contributed by atoms with Crippen LogP contribution in [-0.2, 0) is 24.3 Å². The minimum absolute atomic E-state index is 0.689. The summed E-state index contributed by atoms with van der Waals surface area (Å²) in [7, 11) is 0. The average molecular weight is 181 g/mol. The molecule has 4 heteroatoms. The number of rotatable bonds is 3. The molecule has 0 unspecified atom stereocenters. The number of nitrogens with zero attached hydrogens (tertiary/aromatic N) is 1. The van der Waals surface area contributed by atoms with E-state index in [0.717, 1.165) is 37.6 Å². The summed E-state index contributed by atoms with van der Waals surface area (Å²) in [6.45, 7) is 5.38. The van der Waals surface area contributed by atoms with Gasteiger partial charge < -0.3 is 15.0 Å². The maximum Gasteiger partial charge on any atom is 0.120 e. The van der Waals surface area contributed by atoms with Gasteiger partial charge in [-0.15, -0.1) is 0 Å². The molecule has 0 atom stereocenters. The molecule has 0 amide bonds. The van der Waals surface area contributed by atoms with Crippen LogP contribution >= 0.6 is 0 Å². The van der Waals surface area contributed by atoms with Crippen molar-refractivity contribution in [2.24, 2.45) is 0 Å². The predicted octanol–water partition coefficient (Wildman–Crippen LogP) is 0.592. The van der Waals surface area contributed by atoms with Gasteiger partial charge in [-0.1, -0.05) is 6.92 Å². The summed E-state index contributed by atoms with van der Waals surface area (Å²) >= 11 is 0. The van der Waals surface area contributed by atoms with Crippen LogP contribution in [0.2, 0.25) is 0 Å². The van der Waals surface area contributed by atoms with Crippen LogP contribution < -0.4 is 5.32 Å². The van der Waals surface area contributed by atoms with E-state index in [1.54, 1.807) is 0 Å². The second-order valence-corrected chi connectivity index (χ2v) is 3.19. The minimum atomic E-state index is 0.689. The molecule has 72 valence electrons. The lowest BCUT2D eigenvalue weighted by Crippen LogP contribution is -2.12. The Morgan fingerprint density at radius 3 is 3.31 bits per heavy atom. The standard InChI is InChI=1S/C9H15N3O/c1-2-10-5-9-11-7-3-4-13-6-8(7)12-9/h10H,2-6H2,1H3,(H,11,12). The van der Waals surface area contributed by atoms with E-state index in [0.29, 0.717) is 6.61 Å². The summed E-state index contributed by atoms with van der Waals surface area (Å²) in [5.41, 5.74) is 2.33. The zero-order valence-corrected chi connectivity index (χ0v) is 7.89. The average Bonchev–Trinajstić information content (AvgIpc) is 2.57. The molecule has 2 N–H and O–H groups in total. The molecule has 13 heavy (non-hydrogen) atoms. The van der Waals surface area contributed by atoms with Gasteiger partial charge in [-0.25, -0.2) is 4.98 Å². The first-order chi connectivity index (χ1) is 6.40. The number of ether oxygens (including phenoxy) is 1. The molecular weight excluding hydrogens is 166 g/mol. The van der Waals surface area contributed by atoms with E-state index in [2.05, 4.69) is 22.2 Å². The van der Waals surface area contributed by atoms with Crippen LogP contribution in [0.1, 0.15) is 24.1 Å². The Bertz CT molecular complexity index is 259. The third-order valence-corrected chi connectivity index (χ3v) is 2.19. The molecule has 0 bridgehead atoms. The van der Waals surface area contributed by atoms with Gasteiger partial charge in [0, 0.05) is 6.42 Å². The fraction of sp³-hybridized carbons (Fsp3) is 0.667. The third-order valence-electron chi connectivity index (χ3n) is 2.19. The maximum atomic E-state index is 5.32. The zero-order chi connectivity index (χ0) is 9.10. The van der Waals surface area contributed by atoms with Crippen molar-refractivity contribution in [1.29, 1.82) is 0 Å². The van der Waals surface area contributed by atoms with Crippen molar-refractivity contribution in [3.63, 3.8) is 0 Å². The summed E-state index contributed by atoms with van der Waals surface area (Å²) in [6, 6.07) is 0. The summed E-state index contributed by atoms with van der Waals surface area (Å²) in [5, 5.41) is 3.24. The van der Waals surface area contributed by atoms with E-state index in [1.165, 1.54) is 5.69 Å². The molecule has 0 spiro atoms. The summed E-state index contributed by atoms with van der Waals surface area (Å²) in [4.78, 5) is 7.76. The molecule has 0 saturated carbocycles. The van der Waals surface area contributed by atoms with Crippen LogP contribution in [0.3, 0.4) is 0 Å². The van der Waals surface area contributed by atoms with Crippen LogP contribution in [0.15, 0.2) is 0 Å². The van der Waals surface area contributed by atoms with E-state index >= 15 is 0 Å². The highest BCUT2D eigenvalue weighted by Crippen LogP contribution is 2.13. The lowest BCUT2D eigenvalue weighted by Gasteiger charge is -2.09. The smallest absolute Gasteiger partial charge is 0.120 e. The number of aromatic amines is 1. The van der Waals surface area contributed by atoms with Gasteiger partial charge in [0.05, 0.1) is 31.1 Å². The number of aromatic nitrogens is 2. The Morgan fingerprint density at radius 2 is 2.54 bits per heavy atom. The van der Waals surface area contributed by atoms with E-state index in [1.807, 2.05) is 0 Å². The van der Waals surface area contributed by atoms with Gasteiger partial charge in [-0.2, -0.15) is 0 Å². The van der Waals surface area contributed by atoms with Crippen LogP contribution in [0.4, 0.5) is 0 Å².